The molecular weight excluding hydrogens is 264 g/mol. The summed E-state index contributed by atoms with van der Waals surface area (Å²) in [6.07, 6.45) is 2.03. The number of nitrogens with two attached hydrogens (primary N) is 1. The number of carbonyl (C=O) groups excluding carboxylic acids is 1. The number of benzene rings is 1. The second-order valence-electron chi connectivity index (χ2n) is 4.98. The van der Waals surface area contributed by atoms with Crippen LogP contribution in [0, 0.1) is 5.92 Å². The molecule has 19 heavy (non-hydrogen) atoms. The van der Waals surface area contributed by atoms with Crippen molar-refractivity contribution in [2.45, 2.75) is 12.8 Å². The Bertz CT molecular complexity index is 459. The Balaban J connectivity index is 1.99. The van der Waals surface area contributed by atoms with Gasteiger partial charge in [0.15, 0.2) is 0 Å². The van der Waals surface area contributed by atoms with Gasteiger partial charge in [-0.3, -0.25) is 4.79 Å². The van der Waals surface area contributed by atoms with Gasteiger partial charge in [0.2, 0.25) is 0 Å². The van der Waals surface area contributed by atoms with E-state index in [9.17, 15) is 4.79 Å². The van der Waals surface area contributed by atoms with Crippen LogP contribution < -0.4 is 5.73 Å². The lowest BCUT2D eigenvalue weighted by molar-refractivity contribution is 0.0497. The van der Waals surface area contributed by atoms with Crippen LogP contribution >= 0.6 is 11.6 Å². The van der Waals surface area contributed by atoms with Gasteiger partial charge in [-0.15, -0.1) is 0 Å². The monoisotopic (exact) mass is 282 g/mol. The summed E-state index contributed by atoms with van der Waals surface area (Å²) in [4.78, 5) is 14.0. The van der Waals surface area contributed by atoms with Crippen LogP contribution in [0.3, 0.4) is 0 Å². The molecular formula is C14H19ClN2O2. The zero-order valence-corrected chi connectivity index (χ0v) is 11.8. The summed E-state index contributed by atoms with van der Waals surface area (Å²) in [5, 5.41) is 0.476. The standard InChI is InChI=1S/C14H19ClN2O2/c1-17(9-10-4-6-19-7-5-10)14(18)11-2-3-12(15)13(16)8-11/h2-3,8,10H,4-7,9,16H2,1H3. The Morgan fingerprint density at radius 2 is 2.16 bits per heavy atom. The van der Waals surface area contributed by atoms with Gasteiger partial charge in [0.25, 0.3) is 5.91 Å². The first kappa shape index (κ1) is 14.2. The Morgan fingerprint density at radius 1 is 1.47 bits per heavy atom. The van der Waals surface area contributed by atoms with Gasteiger partial charge in [0, 0.05) is 32.4 Å². The average Bonchev–Trinajstić information content (AvgIpc) is 2.42. The lowest BCUT2D eigenvalue weighted by Crippen LogP contribution is -2.34. The van der Waals surface area contributed by atoms with Crippen LogP contribution in [0.25, 0.3) is 0 Å². The van der Waals surface area contributed by atoms with E-state index in [0.717, 1.165) is 32.6 Å². The second kappa shape index (κ2) is 6.26. The molecule has 1 aromatic carbocycles. The molecule has 0 aliphatic carbocycles. The van der Waals surface area contributed by atoms with E-state index in [0.29, 0.717) is 22.2 Å². The van der Waals surface area contributed by atoms with E-state index in [-0.39, 0.29) is 5.91 Å². The molecule has 5 heteroatoms. The average molecular weight is 283 g/mol. The van der Waals surface area contributed by atoms with E-state index in [1.54, 1.807) is 23.1 Å². The van der Waals surface area contributed by atoms with Crippen molar-refractivity contribution in [2.75, 3.05) is 32.5 Å². The molecule has 1 heterocycles. The SMILES string of the molecule is CN(CC1CCOCC1)C(=O)c1ccc(Cl)c(N)c1. The van der Waals surface area contributed by atoms with Gasteiger partial charge in [-0.05, 0) is 37.0 Å². The first-order chi connectivity index (χ1) is 9.08. The van der Waals surface area contributed by atoms with E-state index in [1.165, 1.54) is 0 Å². The number of anilines is 1. The Labute approximate surface area is 118 Å². The fourth-order valence-corrected chi connectivity index (χ4v) is 2.41. The quantitative estimate of drug-likeness (QED) is 0.866. The highest BCUT2D eigenvalue weighted by atomic mass is 35.5. The summed E-state index contributed by atoms with van der Waals surface area (Å²) < 4.78 is 5.32. The number of hydrogen-bond acceptors (Lipinski definition) is 3. The molecule has 2 rings (SSSR count). The summed E-state index contributed by atoms with van der Waals surface area (Å²) in [6, 6.07) is 5.00. The molecule has 0 bridgehead atoms. The van der Waals surface area contributed by atoms with Crippen LogP contribution in [0.5, 0.6) is 0 Å². The number of rotatable bonds is 3. The van der Waals surface area contributed by atoms with Crippen LogP contribution in [-0.2, 0) is 4.74 Å². The summed E-state index contributed by atoms with van der Waals surface area (Å²) in [7, 11) is 1.82. The fraction of sp³-hybridized carbons (Fsp3) is 0.500. The highest BCUT2D eigenvalue weighted by Gasteiger charge is 2.19. The van der Waals surface area contributed by atoms with E-state index >= 15 is 0 Å². The van der Waals surface area contributed by atoms with E-state index in [1.807, 2.05) is 7.05 Å². The summed E-state index contributed by atoms with van der Waals surface area (Å²) in [5.74, 6) is 0.502. The maximum absolute atomic E-state index is 12.3. The van der Waals surface area contributed by atoms with Gasteiger partial charge >= 0.3 is 0 Å². The van der Waals surface area contributed by atoms with E-state index in [4.69, 9.17) is 22.1 Å². The largest absolute Gasteiger partial charge is 0.398 e. The highest BCUT2D eigenvalue weighted by molar-refractivity contribution is 6.33. The number of ether oxygens (including phenoxy) is 1. The van der Waals surface area contributed by atoms with Gasteiger partial charge in [-0.1, -0.05) is 11.6 Å². The Morgan fingerprint density at radius 3 is 2.79 bits per heavy atom. The molecule has 1 amide bonds. The van der Waals surface area contributed by atoms with Crippen molar-refractivity contribution < 1.29 is 9.53 Å². The third kappa shape index (κ3) is 3.61. The van der Waals surface area contributed by atoms with Gasteiger partial charge < -0.3 is 15.4 Å². The molecule has 1 fully saturated rings. The van der Waals surface area contributed by atoms with Crippen molar-refractivity contribution in [3.63, 3.8) is 0 Å². The molecule has 0 unspecified atom stereocenters. The Hall–Kier alpha value is -1.26. The third-order valence-electron chi connectivity index (χ3n) is 3.46. The van der Waals surface area contributed by atoms with Gasteiger partial charge in [-0.25, -0.2) is 0 Å². The second-order valence-corrected chi connectivity index (χ2v) is 5.38. The molecule has 1 aliphatic heterocycles. The van der Waals surface area contributed by atoms with Gasteiger partial charge in [-0.2, -0.15) is 0 Å². The predicted molar refractivity (Wildman–Crippen MR) is 76.4 cm³/mol. The fourth-order valence-electron chi connectivity index (χ4n) is 2.30. The molecule has 0 spiro atoms. The maximum Gasteiger partial charge on any atom is 0.253 e. The normalized spacial score (nSPS) is 16.3. The van der Waals surface area contributed by atoms with Crippen molar-refractivity contribution in [1.82, 2.24) is 4.90 Å². The number of nitrogens with zero attached hydrogens (tertiary/aromatic N) is 1. The lowest BCUT2D eigenvalue weighted by Gasteiger charge is -2.27. The molecule has 1 aromatic rings. The lowest BCUT2D eigenvalue weighted by atomic mass is 9.99. The minimum atomic E-state index is -0.0186. The molecule has 0 radical (unpaired) electrons. The molecule has 0 saturated carbocycles. The summed E-state index contributed by atoms with van der Waals surface area (Å²) >= 11 is 5.86. The molecule has 4 nitrogen and oxygen atoms in total. The Kier molecular flexibility index (Phi) is 4.66. The first-order valence-electron chi connectivity index (χ1n) is 6.46. The molecule has 0 atom stereocenters. The number of amides is 1. The van der Waals surface area contributed by atoms with E-state index in [2.05, 4.69) is 0 Å². The number of nitrogen functional groups attached to an aromatic ring is 1. The molecule has 2 N–H and O–H groups in total. The van der Waals surface area contributed by atoms with Gasteiger partial charge in [0.05, 0.1) is 10.7 Å². The molecule has 104 valence electrons. The smallest absolute Gasteiger partial charge is 0.253 e. The zero-order valence-electron chi connectivity index (χ0n) is 11.1. The van der Waals surface area contributed by atoms with Crippen LogP contribution in [0.2, 0.25) is 5.02 Å². The summed E-state index contributed by atoms with van der Waals surface area (Å²) in [5.41, 5.74) is 6.74. The minimum absolute atomic E-state index is 0.0186. The minimum Gasteiger partial charge on any atom is -0.398 e. The molecule has 1 saturated heterocycles. The predicted octanol–water partition coefficient (Wildman–Crippen LogP) is 2.42. The van der Waals surface area contributed by atoms with Crippen LogP contribution in [-0.4, -0.2) is 37.6 Å². The van der Waals surface area contributed by atoms with Crippen LogP contribution in [0.4, 0.5) is 5.69 Å². The maximum atomic E-state index is 12.3. The van der Waals surface area contributed by atoms with Gasteiger partial charge in [0.1, 0.15) is 0 Å². The molecule has 0 aromatic heterocycles. The molecule has 1 aliphatic rings. The summed E-state index contributed by atoms with van der Waals surface area (Å²) in [6.45, 7) is 2.34. The van der Waals surface area contributed by atoms with Crippen molar-refractivity contribution in [3.8, 4) is 0 Å². The number of carbonyl (C=O) groups is 1. The van der Waals surface area contributed by atoms with Crippen LogP contribution in [0.1, 0.15) is 23.2 Å². The topological polar surface area (TPSA) is 55.6 Å². The zero-order chi connectivity index (χ0) is 13.8. The first-order valence-corrected chi connectivity index (χ1v) is 6.84. The third-order valence-corrected chi connectivity index (χ3v) is 3.81. The number of halogens is 1. The number of hydrogen-bond donors (Lipinski definition) is 1. The van der Waals surface area contributed by atoms with Crippen LogP contribution in [0.15, 0.2) is 18.2 Å². The highest BCUT2D eigenvalue weighted by Crippen LogP contribution is 2.21. The van der Waals surface area contributed by atoms with Crippen molar-refractivity contribution in [1.29, 1.82) is 0 Å². The van der Waals surface area contributed by atoms with Crippen molar-refractivity contribution in [2.24, 2.45) is 5.92 Å². The van der Waals surface area contributed by atoms with E-state index < -0.39 is 0 Å². The van der Waals surface area contributed by atoms with Crippen molar-refractivity contribution in [3.05, 3.63) is 28.8 Å². The van der Waals surface area contributed by atoms with Crippen molar-refractivity contribution >= 4 is 23.2 Å².